The Hall–Kier alpha value is -1.27. The Bertz CT molecular complexity index is 383. The van der Waals surface area contributed by atoms with E-state index in [1.165, 1.54) is 0 Å². The first-order chi connectivity index (χ1) is 8.18. The molecule has 0 saturated carbocycles. The van der Waals surface area contributed by atoms with Crippen molar-refractivity contribution in [3.8, 4) is 0 Å². The highest BCUT2D eigenvalue weighted by Crippen LogP contribution is 2.53. The second-order valence-electron chi connectivity index (χ2n) is 3.24. The van der Waals surface area contributed by atoms with Crippen molar-refractivity contribution in [3.63, 3.8) is 0 Å². The van der Waals surface area contributed by atoms with Crippen molar-refractivity contribution in [1.29, 1.82) is 0 Å². The summed E-state index contributed by atoms with van der Waals surface area (Å²) in [6.07, 6.45) is -3.90. The minimum absolute atomic E-state index is 0.706. The fraction of sp³-hybridized carbons (Fsp3) is 0.667. The molecule has 0 radical (unpaired) electrons. The van der Waals surface area contributed by atoms with E-state index in [1.54, 1.807) is 0 Å². The van der Waals surface area contributed by atoms with Crippen LogP contribution in [0.25, 0.3) is 0 Å². The van der Waals surface area contributed by atoms with Crippen molar-refractivity contribution >= 4 is 0 Å². The molecule has 1 rings (SSSR count). The molecule has 1 N–H and O–H groups in total. The van der Waals surface area contributed by atoms with Crippen molar-refractivity contribution in [3.05, 3.63) is 12.0 Å². The van der Waals surface area contributed by atoms with Gasteiger partial charge >= 0.3 is 30.3 Å². The van der Waals surface area contributed by atoms with E-state index in [0.717, 1.165) is 0 Å². The fourth-order valence-corrected chi connectivity index (χ4v) is 1.14. The standard InChI is InChI=1S/C6HF11N2/c7-1(8)2(9)19-5(14,15)3(10,11)18-4(12,13)6(19,16)17/h18H. The largest absolute Gasteiger partial charge is 0.409 e. The fourth-order valence-electron chi connectivity index (χ4n) is 1.14. The summed E-state index contributed by atoms with van der Waals surface area (Å²) < 4.78 is 137. The molecule has 0 unspecified atom stereocenters. The zero-order valence-corrected chi connectivity index (χ0v) is 8.10. The first kappa shape index (κ1) is 15.8. The van der Waals surface area contributed by atoms with Gasteiger partial charge in [0.15, 0.2) is 0 Å². The van der Waals surface area contributed by atoms with Gasteiger partial charge in [0.1, 0.15) is 0 Å². The molecule has 0 aromatic carbocycles. The topological polar surface area (TPSA) is 15.3 Å². The van der Waals surface area contributed by atoms with Gasteiger partial charge in [0.25, 0.3) is 5.95 Å². The van der Waals surface area contributed by atoms with Crippen LogP contribution in [0.5, 0.6) is 0 Å². The van der Waals surface area contributed by atoms with E-state index in [-0.39, 0.29) is 0 Å². The summed E-state index contributed by atoms with van der Waals surface area (Å²) in [6, 6.07) is -24.9. The van der Waals surface area contributed by atoms with Gasteiger partial charge in [-0.15, -0.1) is 0 Å². The molecule has 0 aromatic rings. The number of hydrogen-bond acceptors (Lipinski definition) is 2. The highest BCUT2D eigenvalue weighted by Gasteiger charge is 2.82. The maximum atomic E-state index is 12.8. The van der Waals surface area contributed by atoms with Crippen LogP contribution < -0.4 is 5.32 Å². The number of nitrogens with zero attached hydrogens (tertiary/aromatic N) is 1. The Labute approximate surface area is 96.0 Å². The molecule has 1 aliphatic heterocycles. The molecule has 1 heterocycles. The molecule has 112 valence electrons. The lowest BCUT2D eigenvalue weighted by Gasteiger charge is -2.47. The van der Waals surface area contributed by atoms with E-state index >= 15 is 0 Å². The summed E-state index contributed by atoms with van der Waals surface area (Å²) >= 11 is 0. The van der Waals surface area contributed by atoms with Crippen LogP contribution >= 0.6 is 0 Å². The summed E-state index contributed by atoms with van der Waals surface area (Å²) in [6.45, 7) is 0. The Morgan fingerprint density at radius 1 is 0.684 bits per heavy atom. The molecule has 0 spiro atoms. The van der Waals surface area contributed by atoms with E-state index in [4.69, 9.17) is 0 Å². The SMILES string of the molecule is FC(F)=C(F)N1C(F)(F)C(F)(F)NC(F)(F)C1(F)F. The van der Waals surface area contributed by atoms with Gasteiger partial charge in [0, 0.05) is 0 Å². The first-order valence-corrected chi connectivity index (χ1v) is 4.00. The average Bonchev–Trinajstić information content (AvgIpc) is 2.12. The molecular formula is C6HF11N2. The molecule has 2 nitrogen and oxygen atoms in total. The van der Waals surface area contributed by atoms with Crippen LogP contribution in [0.4, 0.5) is 48.3 Å². The zero-order chi connectivity index (χ0) is 15.4. The monoisotopic (exact) mass is 310 g/mol. The van der Waals surface area contributed by atoms with Gasteiger partial charge in [-0.3, -0.25) is 0 Å². The third-order valence-electron chi connectivity index (χ3n) is 1.98. The summed E-state index contributed by atoms with van der Waals surface area (Å²) in [5.41, 5.74) is 0. The Kier molecular flexibility index (Phi) is 3.21. The molecule has 1 aliphatic rings. The molecule has 13 heteroatoms. The third-order valence-corrected chi connectivity index (χ3v) is 1.98. The Balaban J connectivity index is 3.55. The molecule has 0 aromatic heterocycles. The number of rotatable bonds is 1. The maximum absolute atomic E-state index is 12.8. The predicted molar refractivity (Wildman–Crippen MR) is 35.1 cm³/mol. The lowest BCUT2D eigenvalue weighted by molar-refractivity contribution is -0.448. The zero-order valence-electron chi connectivity index (χ0n) is 8.10. The second-order valence-corrected chi connectivity index (χ2v) is 3.24. The van der Waals surface area contributed by atoms with E-state index < -0.39 is 46.4 Å². The number of piperazine rings is 1. The molecule has 19 heavy (non-hydrogen) atoms. The number of halogens is 11. The summed E-state index contributed by atoms with van der Waals surface area (Å²) in [5.74, 6) is -3.89. The van der Waals surface area contributed by atoms with Gasteiger partial charge in [-0.1, -0.05) is 0 Å². The maximum Gasteiger partial charge on any atom is 0.409 e. The van der Waals surface area contributed by atoms with Crippen molar-refractivity contribution < 1.29 is 48.3 Å². The molecule has 1 fully saturated rings. The van der Waals surface area contributed by atoms with Gasteiger partial charge < -0.3 is 0 Å². The van der Waals surface area contributed by atoms with Gasteiger partial charge in [0.2, 0.25) is 0 Å². The van der Waals surface area contributed by atoms with Gasteiger partial charge in [-0.2, -0.15) is 53.6 Å². The van der Waals surface area contributed by atoms with Crippen LogP contribution in [0.1, 0.15) is 0 Å². The van der Waals surface area contributed by atoms with E-state index in [2.05, 4.69) is 0 Å². The first-order valence-electron chi connectivity index (χ1n) is 4.00. The lowest BCUT2D eigenvalue weighted by Crippen LogP contribution is -2.79. The normalized spacial score (nSPS) is 27.0. The molecular weight excluding hydrogens is 309 g/mol. The van der Waals surface area contributed by atoms with Gasteiger partial charge in [-0.25, -0.2) is 4.90 Å². The molecule has 0 aliphatic carbocycles. The quantitative estimate of drug-likeness (QED) is 0.590. The van der Waals surface area contributed by atoms with Crippen LogP contribution in [0, 0.1) is 0 Å². The van der Waals surface area contributed by atoms with Crippen molar-refractivity contribution in [2.45, 2.75) is 24.2 Å². The summed E-state index contributed by atoms with van der Waals surface area (Å²) in [7, 11) is 0. The minimum Gasteiger partial charge on any atom is -0.210 e. The van der Waals surface area contributed by atoms with E-state index in [1.807, 2.05) is 0 Å². The molecule has 0 amide bonds. The number of nitrogens with one attached hydrogen (secondary N) is 1. The van der Waals surface area contributed by atoms with Crippen LogP contribution in [0.2, 0.25) is 0 Å². The van der Waals surface area contributed by atoms with Crippen LogP contribution in [-0.4, -0.2) is 29.1 Å². The highest BCUT2D eigenvalue weighted by atomic mass is 19.3. The van der Waals surface area contributed by atoms with Crippen molar-refractivity contribution in [2.75, 3.05) is 0 Å². The molecule has 1 saturated heterocycles. The van der Waals surface area contributed by atoms with Crippen molar-refractivity contribution in [2.24, 2.45) is 0 Å². The summed E-state index contributed by atoms with van der Waals surface area (Å²) in [5, 5.41) is -0.706. The van der Waals surface area contributed by atoms with Crippen LogP contribution in [0.3, 0.4) is 0 Å². The predicted octanol–water partition coefficient (Wildman–Crippen LogP) is 3.30. The van der Waals surface area contributed by atoms with E-state index in [9.17, 15) is 48.3 Å². The number of alkyl halides is 8. The lowest BCUT2D eigenvalue weighted by atomic mass is 10.2. The van der Waals surface area contributed by atoms with Crippen molar-refractivity contribution in [1.82, 2.24) is 10.2 Å². The van der Waals surface area contributed by atoms with E-state index in [0.29, 0.717) is 0 Å². The highest BCUT2D eigenvalue weighted by molar-refractivity contribution is 5.09. The minimum atomic E-state index is -6.37. The Morgan fingerprint density at radius 3 is 1.26 bits per heavy atom. The van der Waals surface area contributed by atoms with Gasteiger partial charge in [-0.05, 0) is 0 Å². The Morgan fingerprint density at radius 2 is 1.00 bits per heavy atom. The second kappa shape index (κ2) is 3.86. The molecule has 0 atom stereocenters. The summed E-state index contributed by atoms with van der Waals surface area (Å²) in [4.78, 5) is -2.95. The molecule has 0 bridgehead atoms. The van der Waals surface area contributed by atoms with Crippen LogP contribution in [0.15, 0.2) is 12.0 Å². The van der Waals surface area contributed by atoms with Gasteiger partial charge in [0.05, 0.1) is 0 Å². The number of hydrogen-bond donors (Lipinski definition) is 1. The van der Waals surface area contributed by atoms with Crippen LogP contribution in [-0.2, 0) is 0 Å². The third kappa shape index (κ3) is 1.99. The average molecular weight is 310 g/mol. The smallest absolute Gasteiger partial charge is 0.210 e.